The van der Waals surface area contributed by atoms with Crippen LogP contribution in [0.25, 0.3) is 22.6 Å². The van der Waals surface area contributed by atoms with E-state index in [2.05, 4.69) is 48.4 Å². The Balaban J connectivity index is 1.98. The third-order valence-corrected chi connectivity index (χ3v) is 3.30. The first-order valence-electron chi connectivity index (χ1n) is 6.93. The van der Waals surface area contributed by atoms with Gasteiger partial charge in [0.25, 0.3) is 0 Å². The zero-order valence-electron chi connectivity index (χ0n) is 11.8. The Morgan fingerprint density at radius 2 is 2.05 bits per heavy atom. The Hall–Kier alpha value is -2.13. The van der Waals surface area contributed by atoms with Crippen LogP contribution in [0.4, 0.5) is 0 Å². The normalized spacial score (nSPS) is 11.1. The molecule has 1 heterocycles. The minimum absolute atomic E-state index is 0.685. The SMILES string of the molecule is CCNCc1ccc2nc(-c3cccc(C)c3)oc2c1. The van der Waals surface area contributed by atoms with E-state index in [9.17, 15) is 0 Å². The molecule has 1 aromatic heterocycles. The summed E-state index contributed by atoms with van der Waals surface area (Å²) in [6.45, 7) is 5.99. The molecule has 0 aliphatic heterocycles. The van der Waals surface area contributed by atoms with Gasteiger partial charge >= 0.3 is 0 Å². The molecule has 2 aromatic carbocycles. The number of benzene rings is 2. The van der Waals surface area contributed by atoms with E-state index in [0.29, 0.717) is 5.89 Å². The predicted octanol–water partition coefficient (Wildman–Crippen LogP) is 3.91. The first kappa shape index (κ1) is 12.9. The van der Waals surface area contributed by atoms with Crippen LogP contribution < -0.4 is 5.32 Å². The highest BCUT2D eigenvalue weighted by molar-refractivity contribution is 5.77. The molecule has 0 bridgehead atoms. The summed E-state index contributed by atoms with van der Waals surface area (Å²) in [7, 11) is 0. The van der Waals surface area contributed by atoms with Gasteiger partial charge in [0, 0.05) is 12.1 Å². The lowest BCUT2D eigenvalue weighted by Crippen LogP contribution is -2.11. The van der Waals surface area contributed by atoms with Crippen LogP contribution in [0.15, 0.2) is 46.9 Å². The zero-order chi connectivity index (χ0) is 13.9. The van der Waals surface area contributed by atoms with Gasteiger partial charge in [0.15, 0.2) is 5.58 Å². The van der Waals surface area contributed by atoms with E-state index in [0.717, 1.165) is 29.8 Å². The van der Waals surface area contributed by atoms with Crippen LogP contribution in [0.1, 0.15) is 18.1 Å². The van der Waals surface area contributed by atoms with Crippen molar-refractivity contribution in [2.45, 2.75) is 20.4 Å². The summed E-state index contributed by atoms with van der Waals surface area (Å²) in [5.41, 5.74) is 5.19. The molecule has 0 atom stereocenters. The Labute approximate surface area is 118 Å². The quantitative estimate of drug-likeness (QED) is 0.778. The van der Waals surface area contributed by atoms with Gasteiger partial charge in [0.2, 0.25) is 5.89 Å². The van der Waals surface area contributed by atoms with Gasteiger partial charge in [-0.25, -0.2) is 4.98 Å². The fraction of sp³-hybridized carbons (Fsp3) is 0.235. The Morgan fingerprint density at radius 1 is 1.15 bits per heavy atom. The molecule has 3 nitrogen and oxygen atoms in total. The van der Waals surface area contributed by atoms with Crippen molar-refractivity contribution in [3.63, 3.8) is 0 Å². The summed E-state index contributed by atoms with van der Waals surface area (Å²) < 4.78 is 5.89. The first-order chi connectivity index (χ1) is 9.76. The summed E-state index contributed by atoms with van der Waals surface area (Å²) in [6, 6.07) is 14.4. The molecule has 3 heteroatoms. The van der Waals surface area contributed by atoms with Crippen molar-refractivity contribution in [2.24, 2.45) is 0 Å². The topological polar surface area (TPSA) is 38.1 Å². The number of fused-ring (bicyclic) bond motifs is 1. The minimum Gasteiger partial charge on any atom is -0.436 e. The van der Waals surface area contributed by atoms with Crippen LogP contribution in [-0.4, -0.2) is 11.5 Å². The van der Waals surface area contributed by atoms with Gasteiger partial charge in [-0.1, -0.05) is 30.7 Å². The number of aryl methyl sites for hydroxylation is 1. The van der Waals surface area contributed by atoms with E-state index in [4.69, 9.17) is 4.42 Å². The Morgan fingerprint density at radius 3 is 2.85 bits per heavy atom. The Bertz CT molecular complexity index is 731. The van der Waals surface area contributed by atoms with Crippen LogP contribution in [0.3, 0.4) is 0 Å². The summed E-state index contributed by atoms with van der Waals surface area (Å²) in [5.74, 6) is 0.685. The first-order valence-corrected chi connectivity index (χ1v) is 6.93. The van der Waals surface area contributed by atoms with E-state index in [1.165, 1.54) is 11.1 Å². The smallest absolute Gasteiger partial charge is 0.227 e. The number of aromatic nitrogens is 1. The fourth-order valence-corrected chi connectivity index (χ4v) is 2.25. The van der Waals surface area contributed by atoms with Crippen molar-refractivity contribution in [2.75, 3.05) is 6.54 Å². The highest BCUT2D eigenvalue weighted by Crippen LogP contribution is 2.25. The molecule has 0 fully saturated rings. The lowest BCUT2D eigenvalue weighted by Gasteiger charge is -2.00. The molecule has 0 saturated heterocycles. The monoisotopic (exact) mass is 266 g/mol. The fourth-order valence-electron chi connectivity index (χ4n) is 2.25. The summed E-state index contributed by atoms with van der Waals surface area (Å²) in [5, 5.41) is 3.31. The molecule has 0 aliphatic rings. The summed E-state index contributed by atoms with van der Waals surface area (Å²) >= 11 is 0. The molecule has 3 rings (SSSR count). The van der Waals surface area contributed by atoms with E-state index in [1.54, 1.807) is 0 Å². The molecule has 3 aromatic rings. The lowest BCUT2D eigenvalue weighted by atomic mass is 10.1. The summed E-state index contributed by atoms with van der Waals surface area (Å²) in [6.07, 6.45) is 0. The molecule has 0 amide bonds. The lowest BCUT2D eigenvalue weighted by molar-refractivity contribution is 0.618. The zero-order valence-corrected chi connectivity index (χ0v) is 11.8. The third kappa shape index (κ3) is 2.58. The largest absolute Gasteiger partial charge is 0.436 e. The maximum atomic E-state index is 5.89. The molecule has 102 valence electrons. The van der Waals surface area contributed by atoms with Gasteiger partial charge in [0.05, 0.1) is 0 Å². The van der Waals surface area contributed by atoms with Gasteiger partial charge in [-0.15, -0.1) is 0 Å². The maximum absolute atomic E-state index is 5.89. The third-order valence-electron chi connectivity index (χ3n) is 3.30. The highest BCUT2D eigenvalue weighted by atomic mass is 16.3. The molecule has 20 heavy (non-hydrogen) atoms. The van der Waals surface area contributed by atoms with Crippen molar-refractivity contribution < 1.29 is 4.42 Å². The van der Waals surface area contributed by atoms with Crippen molar-refractivity contribution in [3.05, 3.63) is 53.6 Å². The molecule has 1 N–H and O–H groups in total. The van der Waals surface area contributed by atoms with Crippen LogP contribution in [-0.2, 0) is 6.54 Å². The van der Waals surface area contributed by atoms with Gasteiger partial charge in [-0.05, 0) is 43.3 Å². The second-order valence-electron chi connectivity index (χ2n) is 4.97. The highest BCUT2D eigenvalue weighted by Gasteiger charge is 2.08. The standard InChI is InChI=1S/C17H18N2O/c1-3-18-11-13-7-8-15-16(10-13)20-17(19-15)14-6-4-5-12(2)9-14/h4-10,18H,3,11H2,1-2H3. The number of rotatable bonds is 4. The molecular formula is C17H18N2O. The molecule has 0 saturated carbocycles. The second kappa shape index (κ2) is 5.47. The van der Waals surface area contributed by atoms with Crippen molar-refractivity contribution in [3.8, 4) is 11.5 Å². The van der Waals surface area contributed by atoms with Gasteiger partial charge < -0.3 is 9.73 Å². The number of oxazole rings is 1. The summed E-state index contributed by atoms with van der Waals surface area (Å²) in [4.78, 5) is 4.56. The van der Waals surface area contributed by atoms with Crippen LogP contribution in [0.2, 0.25) is 0 Å². The van der Waals surface area contributed by atoms with Crippen LogP contribution in [0, 0.1) is 6.92 Å². The van der Waals surface area contributed by atoms with Crippen molar-refractivity contribution in [1.82, 2.24) is 10.3 Å². The molecule has 0 aliphatic carbocycles. The number of hydrogen-bond acceptors (Lipinski definition) is 3. The molecule has 0 unspecified atom stereocenters. The number of nitrogens with zero attached hydrogens (tertiary/aromatic N) is 1. The second-order valence-corrected chi connectivity index (χ2v) is 4.97. The average Bonchev–Trinajstić information content (AvgIpc) is 2.88. The molecule has 0 spiro atoms. The van der Waals surface area contributed by atoms with Crippen LogP contribution >= 0.6 is 0 Å². The van der Waals surface area contributed by atoms with Crippen LogP contribution in [0.5, 0.6) is 0 Å². The van der Waals surface area contributed by atoms with E-state index in [-0.39, 0.29) is 0 Å². The molecule has 0 radical (unpaired) electrons. The minimum atomic E-state index is 0.685. The van der Waals surface area contributed by atoms with E-state index < -0.39 is 0 Å². The van der Waals surface area contributed by atoms with E-state index in [1.807, 2.05) is 18.2 Å². The van der Waals surface area contributed by atoms with Gasteiger partial charge in [-0.2, -0.15) is 0 Å². The maximum Gasteiger partial charge on any atom is 0.227 e. The van der Waals surface area contributed by atoms with Crippen molar-refractivity contribution in [1.29, 1.82) is 0 Å². The van der Waals surface area contributed by atoms with Crippen molar-refractivity contribution >= 4 is 11.1 Å². The Kier molecular flexibility index (Phi) is 3.52. The van der Waals surface area contributed by atoms with Gasteiger partial charge in [-0.3, -0.25) is 0 Å². The predicted molar refractivity (Wildman–Crippen MR) is 81.6 cm³/mol. The number of hydrogen-bond donors (Lipinski definition) is 1. The van der Waals surface area contributed by atoms with E-state index >= 15 is 0 Å². The number of nitrogens with one attached hydrogen (secondary N) is 1. The average molecular weight is 266 g/mol. The van der Waals surface area contributed by atoms with Gasteiger partial charge in [0.1, 0.15) is 5.52 Å². The molecular weight excluding hydrogens is 248 g/mol.